The topological polar surface area (TPSA) is 67.4 Å². The molecule has 0 aromatic heterocycles. The Labute approximate surface area is 160 Å². The second-order valence-electron chi connectivity index (χ2n) is 7.13. The van der Waals surface area contributed by atoms with Crippen LogP contribution in [0.15, 0.2) is 36.4 Å². The molecule has 2 atom stereocenters. The van der Waals surface area contributed by atoms with Gasteiger partial charge in [0.25, 0.3) is 0 Å². The van der Waals surface area contributed by atoms with Gasteiger partial charge in [-0.3, -0.25) is 9.59 Å². The number of nitrogens with one attached hydrogen (secondary N) is 2. The summed E-state index contributed by atoms with van der Waals surface area (Å²) in [4.78, 5) is 25.1. The maximum Gasteiger partial charge on any atom is 0.228 e. The van der Waals surface area contributed by atoms with E-state index in [-0.39, 0.29) is 23.7 Å². The zero-order chi connectivity index (χ0) is 19.6. The Balaban J connectivity index is 1.62. The first-order valence-corrected chi connectivity index (χ1v) is 9.32. The molecule has 1 aliphatic carbocycles. The lowest BCUT2D eigenvalue weighted by Crippen LogP contribution is -2.21. The predicted octanol–water partition coefficient (Wildman–Crippen LogP) is 4.22. The summed E-state index contributed by atoms with van der Waals surface area (Å²) in [5.74, 6) is -0.182. The highest BCUT2D eigenvalue weighted by molar-refractivity contribution is 6.04. The van der Waals surface area contributed by atoms with Crippen LogP contribution < -0.4 is 15.4 Å². The molecule has 2 unspecified atom stereocenters. The molecule has 2 amide bonds. The van der Waals surface area contributed by atoms with Crippen LogP contribution in [-0.2, 0) is 9.59 Å². The van der Waals surface area contributed by atoms with E-state index in [2.05, 4.69) is 10.6 Å². The van der Waals surface area contributed by atoms with Crippen molar-refractivity contribution in [2.75, 3.05) is 17.2 Å². The molecular formula is C22H26N2O3. The van der Waals surface area contributed by atoms with E-state index >= 15 is 0 Å². The quantitative estimate of drug-likeness (QED) is 0.804. The molecule has 1 fully saturated rings. The molecule has 0 spiro atoms. The second kappa shape index (κ2) is 7.82. The Morgan fingerprint density at radius 3 is 2.22 bits per heavy atom. The fraction of sp³-hybridized carbons (Fsp3) is 0.364. The Kier molecular flexibility index (Phi) is 5.49. The molecule has 1 aliphatic rings. The smallest absolute Gasteiger partial charge is 0.228 e. The fourth-order valence-electron chi connectivity index (χ4n) is 3.44. The fourth-order valence-corrected chi connectivity index (χ4v) is 3.44. The SMILES string of the molecule is CCOc1ccccc1NC(=O)C1CC1C(=O)Nc1c(C)cc(C)cc1C. The van der Waals surface area contributed by atoms with E-state index in [1.165, 1.54) is 5.56 Å². The number of benzene rings is 2. The minimum atomic E-state index is -0.300. The Morgan fingerprint density at radius 1 is 1.00 bits per heavy atom. The number of para-hydroxylation sites is 2. The summed E-state index contributed by atoms with van der Waals surface area (Å²) < 4.78 is 5.53. The van der Waals surface area contributed by atoms with Crippen LogP contribution in [0.4, 0.5) is 11.4 Å². The summed E-state index contributed by atoms with van der Waals surface area (Å²) in [6.07, 6.45) is 0.568. The zero-order valence-electron chi connectivity index (χ0n) is 16.3. The Morgan fingerprint density at radius 2 is 1.59 bits per heavy atom. The lowest BCUT2D eigenvalue weighted by atomic mass is 10.0. The minimum Gasteiger partial charge on any atom is -0.492 e. The van der Waals surface area contributed by atoms with E-state index in [1.807, 2.05) is 58.0 Å². The van der Waals surface area contributed by atoms with Gasteiger partial charge in [-0.2, -0.15) is 0 Å². The van der Waals surface area contributed by atoms with E-state index in [9.17, 15) is 9.59 Å². The van der Waals surface area contributed by atoms with Gasteiger partial charge in [-0.25, -0.2) is 0 Å². The van der Waals surface area contributed by atoms with Gasteiger partial charge < -0.3 is 15.4 Å². The molecule has 0 bridgehead atoms. The maximum absolute atomic E-state index is 12.6. The summed E-state index contributed by atoms with van der Waals surface area (Å²) in [5, 5.41) is 5.90. The maximum atomic E-state index is 12.6. The van der Waals surface area contributed by atoms with Crippen molar-refractivity contribution in [1.82, 2.24) is 0 Å². The van der Waals surface area contributed by atoms with E-state index in [1.54, 1.807) is 6.07 Å². The third-order valence-electron chi connectivity index (χ3n) is 4.83. The van der Waals surface area contributed by atoms with Crippen molar-refractivity contribution < 1.29 is 14.3 Å². The van der Waals surface area contributed by atoms with Crippen molar-refractivity contribution in [1.29, 1.82) is 0 Å². The van der Waals surface area contributed by atoms with Gasteiger partial charge in [0, 0.05) is 5.69 Å². The molecule has 142 valence electrons. The monoisotopic (exact) mass is 366 g/mol. The van der Waals surface area contributed by atoms with Crippen molar-refractivity contribution in [3.63, 3.8) is 0 Å². The molecule has 0 saturated heterocycles. The molecule has 0 radical (unpaired) electrons. The number of carbonyl (C=O) groups is 2. The van der Waals surface area contributed by atoms with Crippen LogP contribution in [-0.4, -0.2) is 18.4 Å². The summed E-state index contributed by atoms with van der Waals surface area (Å²) in [7, 11) is 0. The second-order valence-corrected chi connectivity index (χ2v) is 7.13. The largest absolute Gasteiger partial charge is 0.492 e. The van der Waals surface area contributed by atoms with Gasteiger partial charge in [-0.15, -0.1) is 0 Å². The molecule has 27 heavy (non-hydrogen) atoms. The van der Waals surface area contributed by atoms with Gasteiger partial charge in [0.05, 0.1) is 24.1 Å². The molecule has 1 saturated carbocycles. The van der Waals surface area contributed by atoms with E-state index < -0.39 is 0 Å². The molecule has 2 N–H and O–H groups in total. The van der Waals surface area contributed by atoms with E-state index in [4.69, 9.17) is 4.74 Å². The van der Waals surface area contributed by atoms with Crippen LogP contribution >= 0.6 is 0 Å². The normalized spacial score (nSPS) is 17.9. The summed E-state index contributed by atoms with van der Waals surface area (Å²) in [6, 6.07) is 11.4. The van der Waals surface area contributed by atoms with Crippen LogP contribution in [0, 0.1) is 32.6 Å². The van der Waals surface area contributed by atoms with Crippen molar-refractivity contribution in [3.8, 4) is 5.75 Å². The molecule has 2 aromatic carbocycles. The third kappa shape index (κ3) is 4.30. The standard InChI is InChI=1S/C22H26N2O3/c1-5-27-19-9-7-6-8-18(19)23-21(25)16-12-17(16)22(26)24-20-14(3)10-13(2)11-15(20)4/h6-11,16-17H,5,12H2,1-4H3,(H,23,25)(H,24,26). The first-order valence-electron chi connectivity index (χ1n) is 9.32. The Hall–Kier alpha value is -2.82. The third-order valence-corrected chi connectivity index (χ3v) is 4.83. The average molecular weight is 366 g/mol. The van der Waals surface area contributed by atoms with Gasteiger partial charge in [-0.05, 0) is 57.4 Å². The van der Waals surface area contributed by atoms with Gasteiger partial charge in [-0.1, -0.05) is 29.8 Å². The van der Waals surface area contributed by atoms with Crippen molar-refractivity contribution >= 4 is 23.2 Å². The van der Waals surface area contributed by atoms with Gasteiger partial charge in [0.1, 0.15) is 5.75 Å². The molecular weight excluding hydrogens is 340 g/mol. The summed E-state index contributed by atoms with van der Waals surface area (Å²) >= 11 is 0. The number of amides is 2. The average Bonchev–Trinajstić information content (AvgIpc) is 3.41. The van der Waals surface area contributed by atoms with Crippen molar-refractivity contribution in [2.24, 2.45) is 11.8 Å². The number of anilines is 2. The lowest BCUT2D eigenvalue weighted by molar-refractivity contribution is -0.122. The number of ether oxygens (including phenoxy) is 1. The summed E-state index contributed by atoms with van der Waals surface area (Å²) in [5.41, 5.74) is 4.72. The number of aryl methyl sites for hydroxylation is 3. The molecule has 5 nitrogen and oxygen atoms in total. The van der Waals surface area contributed by atoms with Crippen LogP contribution in [0.25, 0.3) is 0 Å². The zero-order valence-corrected chi connectivity index (χ0v) is 16.3. The van der Waals surface area contributed by atoms with Gasteiger partial charge >= 0.3 is 0 Å². The highest BCUT2D eigenvalue weighted by atomic mass is 16.5. The lowest BCUT2D eigenvalue weighted by Gasteiger charge is -2.13. The number of carbonyl (C=O) groups excluding carboxylic acids is 2. The van der Waals surface area contributed by atoms with Crippen LogP contribution in [0.5, 0.6) is 5.75 Å². The number of hydrogen-bond donors (Lipinski definition) is 2. The number of hydrogen-bond acceptors (Lipinski definition) is 3. The van der Waals surface area contributed by atoms with Gasteiger partial charge in [0.15, 0.2) is 0 Å². The first kappa shape index (κ1) is 19.0. The van der Waals surface area contributed by atoms with Crippen LogP contribution in [0.2, 0.25) is 0 Å². The highest BCUT2D eigenvalue weighted by Gasteiger charge is 2.48. The molecule has 0 heterocycles. The minimum absolute atomic E-state index is 0.0942. The first-order chi connectivity index (χ1) is 12.9. The van der Waals surface area contributed by atoms with Gasteiger partial charge in [0.2, 0.25) is 11.8 Å². The number of rotatable bonds is 6. The van der Waals surface area contributed by atoms with E-state index in [0.717, 1.165) is 16.8 Å². The molecule has 2 aromatic rings. The summed E-state index contributed by atoms with van der Waals surface area (Å²) in [6.45, 7) is 8.42. The van der Waals surface area contributed by atoms with Crippen molar-refractivity contribution in [3.05, 3.63) is 53.1 Å². The van der Waals surface area contributed by atoms with Crippen LogP contribution in [0.3, 0.4) is 0 Å². The molecule has 0 aliphatic heterocycles. The predicted molar refractivity (Wildman–Crippen MR) is 107 cm³/mol. The molecule has 5 heteroatoms. The van der Waals surface area contributed by atoms with Crippen molar-refractivity contribution in [2.45, 2.75) is 34.1 Å². The Bertz CT molecular complexity index is 853. The van der Waals surface area contributed by atoms with E-state index in [0.29, 0.717) is 24.5 Å². The molecule has 3 rings (SSSR count). The highest BCUT2D eigenvalue weighted by Crippen LogP contribution is 2.41. The van der Waals surface area contributed by atoms with Crippen LogP contribution in [0.1, 0.15) is 30.0 Å².